The van der Waals surface area contributed by atoms with Crippen molar-refractivity contribution in [3.8, 4) is 50.6 Å². The lowest BCUT2D eigenvalue weighted by Gasteiger charge is -2.34. The van der Waals surface area contributed by atoms with Gasteiger partial charge in [-0.1, -0.05) is 84.9 Å². The fourth-order valence-corrected chi connectivity index (χ4v) is 7.11. The Morgan fingerprint density at radius 2 is 1.50 bits per heavy atom. The number of benzene rings is 5. The molecule has 8 rings (SSSR count). The van der Waals surface area contributed by atoms with Crippen LogP contribution in [0.1, 0.15) is 28.7 Å². The number of nitrogen functional groups attached to an aromatic ring is 1. The number of phenolic OH excluding ortho intramolecular Hbond substituents is 3. The molecule has 0 saturated carbocycles. The van der Waals surface area contributed by atoms with E-state index in [0.29, 0.717) is 28.9 Å². The van der Waals surface area contributed by atoms with E-state index in [2.05, 4.69) is 53.5 Å². The van der Waals surface area contributed by atoms with Gasteiger partial charge in [0, 0.05) is 23.2 Å². The Balaban J connectivity index is 1.34. The number of hydrogen-bond donors (Lipinski definition) is 4. The monoisotopic (exact) mass is 596 g/mol. The summed E-state index contributed by atoms with van der Waals surface area (Å²) in [5.41, 5.74) is 18.2. The molecule has 6 aromatic carbocycles. The molecule has 5 nitrogen and oxygen atoms in total. The van der Waals surface area contributed by atoms with E-state index in [9.17, 15) is 15.3 Å². The van der Waals surface area contributed by atoms with Crippen LogP contribution in [0.5, 0.6) is 17.2 Å². The summed E-state index contributed by atoms with van der Waals surface area (Å²) < 4.78 is 0. The number of rotatable bonds is 3. The fraction of sp³-hybridized carbons (Fsp3) is 0.100. The topological polar surface area (TPSA) is 90.0 Å². The molecule has 0 atom stereocenters. The van der Waals surface area contributed by atoms with E-state index >= 15 is 0 Å². The number of nitrogens with zero attached hydrogens (tertiary/aromatic N) is 1. The highest BCUT2D eigenvalue weighted by Crippen LogP contribution is 2.49. The van der Waals surface area contributed by atoms with Crippen LogP contribution in [0.3, 0.4) is 0 Å². The van der Waals surface area contributed by atoms with Crippen molar-refractivity contribution in [1.82, 2.24) is 0 Å². The third-order valence-electron chi connectivity index (χ3n) is 9.46. The molecule has 0 bridgehead atoms. The number of para-hydroxylation sites is 2. The van der Waals surface area contributed by atoms with Crippen molar-refractivity contribution >= 4 is 47.2 Å². The Labute approximate surface area is 268 Å². The summed E-state index contributed by atoms with van der Waals surface area (Å²) in [7, 11) is 5.84. The zero-order valence-corrected chi connectivity index (χ0v) is 25.2. The molecule has 1 heterocycles. The average molecular weight is 596 g/mol. The molecule has 0 fully saturated rings. The van der Waals surface area contributed by atoms with Gasteiger partial charge in [-0.2, -0.15) is 0 Å². The molecule has 1 aliphatic carbocycles. The average Bonchev–Trinajstić information content (AvgIpc) is 3.09. The van der Waals surface area contributed by atoms with Gasteiger partial charge in [-0.15, -0.1) is 0 Å². The lowest BCUT2D eigenvalue weighted by Crippen LogP contribution is -2.23. The van der Waals surface area contributed by atoms with Gasteiger partial charge in [-0.25, -0.2) is 0 Å². The first kappa shape index (κ1) is 27.7. The smallest absolute Gasteiger partial charge is 0.165 e. The Morgan fingerprint density at radius 1 is 0.783 bits per heavy atom. The van der Waals surface area contributed by atoms with E-state index in [-0.39, 0.29) is 17.0 Å². The summed E-state index contributed by atoms with van der Waals surface area (Å²) in [6, 6.07) is 33.3. The molecule has 5 N–H and O–H groups in total. The van der Waals surface area contributed by atoms with Crippen LogP contribution in [-0.2, 0) is 13.0 Å². The van der Waals surface area contributed by atoms with Crippen molar-refractivity contribution in [2.24, 2.45) is 0 Å². The first-order chi connectivity index (χ1) is 22.3. The van der Waals surface area contributed by atoms with Gasteiger partial charge in [0.25, 0.3) is 0 Å². The maximum atomic E-state index is 11.0. The summed E-state index contributed by atoms with van der Waals surface area (Å²) in [5.74, 6) is -1.17. The second-order valence-electron chi connectivity index (χ2n) is 12.0. The molecule has 6 heteroatoms. The predicted octanol–water partition coefficient (Wildman–Crippen LogP) is 7.85. The van der Waals surface area contributed by atoms with Crippen LogP contribution in [0.25, 0.3) is 50.2 Å². The number of hydrogen-bond acceptors (Lipinski definition) is 5. The molecule has 0 unspecified atom stereocenters. The van der Waals surface area contributed by atoms with Gasteiger partial charge < -0.3 is 26.0 Å². The highest BCUT2D eigenvalue weighted by atomic mass is 16.3. The lowest BCUT2D eigenvalue weighted by atomic mass is 9.83. The van der Waals surface area contributed by atoms with E-state index in [1.807, 2.05) is 54.6 Å². The van der Waals surface area contributed by atoms with E-state index in [1.54, 1.807) is 6.92 Å². The van der Waals surface area contributed by atoms with Crippen molar-refractivity contribution in [2.45, 2.75) is 26.3 Å². The zero-order chi connectivity index (χ0) is 31.7. The first-order valence-electron chi connectivity index (χ1n) is 15.3. The SMILES string of the molecule is [B]c1c(O)c(C)c(-c2ccc(-c3c#cc4c(c3)N(c3ccccc3N)Cc3c-4ccc4c3C=CCC4)c3ccccc23)c(O)c1O. The van der Waals surface area contributed by atoms with Crippen LogP contribution in [0, 0.1) is 19.1 Å². The molecule has 2 radical (unpaired) electrons. The van der Waals surface area contributed by atoms with Crippen LogP contribution in [-0.4, -0.2) is 23.2 Å². The normalized spacial score (nSPS) is 13.2. The molecule has 6 aromatic rings. The Hall–Kier alpha value is -5.80. The fourth-order valence-electron chi connectivity index (χ4n) is 7.11. The van der Waals surface area contributed by atoms with Crippen molar-refractivity contribution in [2.75, 3.05) is 10.6 Å². The number of aryl methyl sites for hydroxylation is 1. The number of nitrogens with two attached hydrogens (primary N) is 1. The van der Waals surface area contributed by atoms with Gasteiger partial charge in [0.05, 0.1) is 22.6 Å². The van der Waals surface area contributed by atoms with Crippen LogP contribution in [0.4, 0.5) is 17.1 Å². The third kappa shape index (κ3) is 4.05. The molecular weight excluding hydrogens is 567 g/mol. The van der Waals surface area contributed by atoms with Gasteiger partial charge in [-0.05, 0) is 87.6 Å². The molecule has 2 aliphatic rings. The minimum Gasteiger partial charge on any atom is -0.508 e. The summed E-state index contributed by atoms with van der Waals surface area (Å²) in [4.78, 5) is 2.28. The second kappa shape index (κ2) is 10.4. The van der Waals surface area contributed by atoms with Gasteiger partial charge in [0.1, 0.15) is 13.6 Å². The Kier molecular flexibility index (Phi) is 6.27. The minimum absolute atomic E-state index is 0.249. The second-order valence-corrected chi connectivity index (χ2v) is 12.0. The van der Waals surface area contributed by atoms with Crippen LogP contribution in [0.15, 0.2) is 84.9 Å². The largest absolute Gasteiger partial charge is 0.508 e. The highest BCUT2D eigenvalue weighted by Gasteiger charge is 2.28. The number of allylic oxidation sites excluding steroid dienone is 1. The summed E-state index contributed by atoms with van der Waals surface area (Å²) >= 11 is 0. The van der Waals surface area contributed by atoms with Crippen LogP contribution in [0.2, 0.25) is 0 Å². The summed E-state index contributed by atoms with van der Waals surface area (Å²) in [5, 5.41) is 33.8. The molecule has 0 aromatic heterocycles. The Morgan fingerprint density at radius 3 is 2.30 bits per heavy atom. The van der Waals surface area contributed by atoms with Gasteiger partial charge in [-0.3, -0.25) is 0 Å². The van der Waals surface area contributed by atoms with Crippen LogP contribution >= 0.6 is 0 Å². The number of fused-ring (bicyclic) bond motifs is 6. The van der Waals surface area contributed by atoms with Crippen molar-refractivity contribution in [3.05, 3.63) is 119 Å². The Bertz CT molecular complexity index is 2240. The van der Waals surface area contributed by atoms with E-state index in [4.69, 9.17) is 13.6 Å². The van der Waals surface area contributed by atoms with Crippen molar-refractivity contribution < 1.29 is 15.3 Å². The molecule has 46 heavy (non-hydrogen) atoms. The molecule has 0 spiro atoms. The number of phenols is 3. The summed E-state index contributed by atoms with van der Waals surface area (Å²) in [6.07, 6.45) is 6.58. The van der Waals surface area contributed by atoms with E-state index in [0.717, 1.165) is 57.2 Å². The predicted molar refractivity (Wildman–Crippen MR) is 187 cm³/mol. The van der Waals surface area contributed by atoms with Gasteiger partial charge in [0.15, 0.2) is 11.5 Å². The van der Waals surface area contributed by atoms with Gasteiger partial charge in [0.2, 0.25) is 0 Å². The maximum Gasteiger partial charge on any atom is 0.165 e. The third-order valence-corrected chi connectivity index (χ3v) is 9.46. The summed E-state index contributed by atoms with van der Waals surface area (Å²) in [6.45, 7) is 2.34. The maximum absolute atomic E-state index is 11.0. The standard InChI is InChI=1S/C40H29BN2O3/c1-22-36(39(45)40(46)37(41)38(22)44)31-19-18-26(27-10-4-5-11-28(27)31)24-15-17-30-29-16-14-23-8-2-3-9-25(23)32(29)21-43(35(30)20-24)34-13-7-6-12-33(34)42/h3-7,9-14,16,18-20,44-46H,2,8,21,42H2,1H3. The van der Waals surface area contributed by atoms with E-state index < -0.39 is 5.75 Å². The molecule has 220 valence electrons. The minimum atomic E-state index is -0.541. The molecule has 1 aliphatic heterocycles. The molecular formula is C40H29BN2O3. The molecule has 0 amide bonds. The van der Waals surface area contributed by atoms with Crippen molar-refractivity contribution in [3.63, 3.8) is 0 Å². The zero-order valence-electron chi connectivity index (χ0n) is 25.2. The number of aromatic hydroxyl groups is 3. The van der Waals surface area contributed by atoms with Crippen molar-refractivity contribution in [1.29, 1.82) is 0 Å². The quantitative estimate of drug-likeness (QED) is 0.0723. The van der Waals surface area contributed by atoms with Crippen LogP contribution < -0.4 is 16.1 Å². The lowest BCUT2D eigenvalue weighted by molar-refractivity contribution is 0.401. The molecule has 0 saturated heterocycles. The highest BCUT2D eigenvalue weighted by molar-refractivity contribution is 6.37. The van der Waals surface area contributed by atoms with Gasteiger partial charge >= 0.3 is 0 Å². The van der Waals surface area contributed by atoms with E-state index in [1.165, 1.54) is 16.7 Å². The first-order valence-corrected chi connectivity index (χ1v) is 15.3. The number of anilines is 3.